The highest BCUT2D eigenvalue weighted by atomic mass is 35.5. The van der Waals surface area contributed by atoms with Crippen molar-refractivity contribution in [3.63, 3.8) is 0 Å². The summed E-state index contributed by atoms with van der Waals surface area (Å²) in [5.41, 5.74) is 2.40. The summed E-state index contributed by atoms with van der Waals surface area (Å²) in [5, 5.41) is 11.3. The summed E-state index contributed by atoms with van der Waals surface area (Å²) in [6.45, 7) is 1.67. The fraction of sp³-hybridized carbons (Fsp3) is 0.438. The molecule has 0 amide bonds. The van der Waals surface area contributed by atoms with Gasteiger partial charge in [-0.25, -0.2) is 4.98 Å². The van der Waals surface area contributed by atoms with Crippen LogP contribution in [0.2, 0.25) is 5.15 Å². The molecule has 0 aromatic carbocycles. The van der Waals surface area contributed by atoms with Gasteiger partial charge in [-0.1, -0.05) is 17.7 Å². The summed E-state index contributed by atoms with van der Waals surface area (Å²) in [7, 11) is 3.71. The van der Waals surface area contributed by atoms with Crippen LogP contribution in [0.15, 0.2) is 35.7 Å². The Labute approximate surface area is 142 Å². The van der Waals surface area contributed by atoms with Gasteiger partial charge in [0, 0.05) is 39.6 Å². The van der Waals surface area contributed by atoms with Crippen molar-refractivity contribution in [2.45, 2.75) is 19.3 Å². The van der Waals surface area contributed by atoms with E-state index in [4.69, 9.17) is 11.6 Å². The minimum absolute atomic E-state index is 0.521. The summed E-state index contributed by atoms with van der Waals surface area (Å²) in [5.74, 6) is 0.818. The maximum absolute atomic E-state index is 5.77. The highest BCUT2D eigenvalue weighted by Gasteiger charge is 2.00. The Bertz CT molecular complexity index is 620. The van der Waals surface area contributed by atoms with Crippen molar-refractivity contribution >= 4 is 17.6 Å². The quantitative estimate of drug-likeness (QED) is 0.351. The minimum atomic E-state index is 0.521. The van der Waals surface area contributed by atoms with Gasteiger partial charge in [-0.15, -0.1) is 0 Å². The van der Waals surface area contributed by atoms with Gasteiger partial charge < -0.3 is 10.6 Å². The number of rotatable bonds is 7. The lowest BCUT2D eigenvalue weighted by Crippen LogP contribution is -2.38. The molecule has 0 aliphatic rings. The molecule has 2 rings (SSSR count). The molecule has 23 heavy (non-hydrogen) atoms. The Kier molecular flexibility index (Phi) is 6.87. The van der Waals surface area contributed by atoms with E-state index in [1.807, 2.05) is 36.3 Å². The van der Waals surface area contributed by atoms with Crippen molar-refractivity contribution in [1.82, 2.24) is 25.4 Å². The van der Waals surface area contributed by atoms with Gasteiger partial charge in [0.2, 0.25) is 0 Å². The number of pyridine rings is 1. The van der Waals surface area contributed by atoms with Crippen LogP contribution in [-0.4, -0.2) is 40.9 Å². The third kappa shape index (κ3) is 6.28. The second kappa shape index (κ2) is 9.15. The summed E-state index contributed by atoms with van der Waals surface area (Å²) in [6, 6.07) is 3.80. The van der Waals surface area contributed by atoms with E-state index in [0.29, 0.717) is 5.15 Å². The molecule has 0 unspecified atom stereocenters. The molecular weight excluding hydrogens is 312 g/mol. The van der Waals surface area contributed by atoms with E-state index in [1.165, 1.54) is 5.56 Å². The molecule has 0 radical (unpaired) electrons. The van der Waals surface area contributed by atoms with E-state index in [2.05, 4.69) is 25.7 Å². The number of aliphatic imine (C=N–C) groups is 1. The van der Waals surface area contributed by atoms with Crippen LogP contribution >= 0.6 is 11.6 Å². The number of nitrogens with one attached hydrogen (secondary N) is 2. The van der Waals surface area contributed by atoms with Crippen LogP contribution in [0.4, 0.5) is 0 Å². The van der Waals surface area contributed by atoms with Gasteiger partial charge in [0.1, 0.15) is 5.15 Å². The predicted octanol–water partition coefficient (Wildman–Crippen LogP) is 1.81. The first-order valence-corrected chi connectivity index (χ1v) is 8.07. The summed E-state index contributed by atoms with van der Waals surface area (Å²) in [6.07, 6.45) is 8.68. The van der Waals surface area contributed by atoms with Gasteiger partial charge in [-0.2, -0.15) is 5.10 Å². The fourth-order valence-electron chi connectivity index (χ4n) is 2.20. The highest BCUT2D eigenvalue weighted by Crippen LogP contribution is 2.05. The maximum Gasteiger partial charge on any atom is 0.190 e. The van der Waals surface area contributed by atoms with Crippen molar-refractivity contribution in [2.75, 3.05) is 20.1 Å². The lowest BCUT2D eigenvalue weighted by molar-refractivity contribution is 0.736. The van der Waals surface area contributed by atoms with E-state index < -0.39 is 0 Å². The topological polar surface area (TPSA) is 67.1 Å². The maximum atomic E-state index is 5.77. The normalized spacial score (nSPS) is 11.5. The molecule has 0 spiro atoms. The second-order valence-electron chi connectivity index (χ2n) is 5.29. The van der Waals surface area contributed by atoms with Crippen LogP contribution in [0.5, 0.6) is 0 Å². The molecule has 0 aliphatic heterocycles. The average Bonchev–Trinajstić information content (AvgIpc) is 2.97. The number of aromatic nitrogens is 3. The third-order valence-electron chi connectivity index (χ3n) is 3.41. The largest absolute Gasteiger partial charge is 0.356 e. The van der Waals surface area contributed by atoms with Crippen LogP contribution in [0, 0.1) is 0 Å². The van der Waals surface area contributed by atoms with Crippen molar-refractivity contribution in [2.24, 2.45) is 12.0 Å². The molecule has 0 saturated carbocycles. The molecule has 0 atom stereocenters. The second-order valence-corrected chi connectivity index (χ2v) is 5.68. The van der Waals surface area contributed by atoms with E-state index in [0.717, 1.165) is 43.9 Å². The molecule has 0 bridgehead atoms. The van der Waals surface area contributed by atoms with Crippen molar-refractivity contribution < 1.29 is 0 Å². The summed E-state index contributed by atoms with van der Waals surface area (Å²) < 4.78 is 1.83. The predicted molar refractivity (Wildman–Crippen MR) is 93.8 cm³/mol. The number of aryl methyl sites for hydroxylation is 2. The molecule has 0 saturated heterocycles. The molecule has 0 aliphatic carbocycles. The Morgan fingerprint density at radius 1 is 1.17 bits per heavy atom. The first-order valence-electron chi connectivity index (χ1n) is 7.70. The van der Waals surface area contributed by atoms with E-state index in [-0.39, 0.29) is 0 Å². The zero-order chi connectivity index (χ0) is 16.5. The Morgan fingerprint density at radius 3 is 2.65 bits per heavy atom. The Hall–Kier alpha value is -2.08. The lowest BCUT2D eigenvalue weighted by Gasteiger charge is -2.11. The molecule has 2 aromatic heterocycles. The van der Waals surface area contributed by atoms with Gasteiger partial charge in [-0.05, 0) is 36.5 Å². The van der Waals surface area contributed by atoms with Crippen LogP contribution in [0.3, 0.4) is 0 Å². The summed E-state index contributed by atoms with van der Waals surface area (Å²) in [4.78, 5) is 8.30. The Balaban J connectivity index is 1.62. The van der Waals surface area contributed by atoms with Crippen LogP contribution in [0.25, 0.3) is 0 Å². The molecule has 2 N–H and O–H groups in total. The molecule has 2 aromatic rings. The van der Waals surface area contributed by atoms with Crippen molar-refractivity contribution in [1.29, 1.82) is 0 Å². The first-order chi connectivity index (χ1) is 11.2. The molecule has 7 heteroatoms. The van der Waals surface area contributed by atoms with Gasteiger partial charge in [-0.3, -0.25) is 9.67 Å². The van der Waals surface area contributed by atoms with Crippen LogP contribution in [0.1, 0.15) is 17.5 Å². The number of halogens is 1. The first kappa shape index (κ1) is 17.3. The van der Waals surface area contributed by atoms with Gasteiger partial charge >= 0.3 is 0 Å². The van der Waals surface area contributed by atoms with Crippen LogP contribution < -0.4 is 10.6 Å². The molecule has 2 heterocycles. The van der Waals surface area contributed by atoms with E-state index in [1.54, 1.807) is 13.2 Å². The zero-order valence-electron chi connectivity index (χ0n) is 13.6. The monoisotopic (exact) mass is 334 g/mol. The average molecular weight is 335 g/mol. The number of hydrogen-bond donors (Lipinski definition) is 2. The summed E-state index contributed by atoms with van der Waals surface area (Å²) >= 11 is 5.77. The smallest absolute Gasteiger partial charge is 0.190 e. The fourth-order valence-corrected chi connectivity index (χ4v) is 2.31. The van der Waals surface area contributed by atoms with E-state index in [9.17, 15) is 0 Å². The standard InChI is InChI=1S/C16H23ClN6/c1-18-16(19-8-3-4-14-11-22-23(2)12-14)20-9-7-13-5-6-15(17)21-10-13/h5-6,10-12H,3-4,7-9H2,1-2H3,(H2,18,19,20). The number of nitrogens with zero attached hydrogens (tertiary/aromatic N) is 4. The van der Waals surface area contributed by atoms with Gasteiger partial charge in [0.05, 0.1) is 6.20 Å². The van der Waals surface area contributed by atoms with Crippen molar-refractivity contribution in [3.8, 4) is 0 Å². The zero-order valence-corrected chi connectivity index (χ0v) is 14.3. The van der Waals surface area contributed by atoms with Gasteiger partial charge in [0.25, 0.3) is 0 Å². The number of hydrogen-bond acceptors (Lipinski definition) is 3. The van der Waals surface area contributed by atoms with E-state index >= 15 is 0 Å². The minimum Gasteiger partial charge on any atom is -0.356 e. The Morgan fingerprint density at radius 2 is 2.00 bits per heavy atom. The lowest BCUT2D eigenvalue weighted by atomic mass is 10.2. The molecule has 6 nitrogen and oxygen atoms in total. The third-order valence-corrected chi connectivity index (χ3v) is 3.63. The van der Waals surface area contributed by atoms with Gasteiger partial charge in [0.15, 0.2) is 5.96 Å². The van der Waals surface area contributed by atoms with Crippen LogP contribution in [-0.2, 0) is 19.9 Å². The molecule has 0 fully saturated rings. The SMILES string of the molecule is CN=C(NCCCc1cnn(C)c1)NCCc1ccc(Cl)nc1. The highest BCUT2D eigenvalue weighted by molar-refractivity contribution is 6.29. The van der Waals surface area contributed by atoms with Crippen molar-refractivity contribution in [3.05, 3.63) is 47.0 Å². The molecule has 124 valence electrons. The molecular formula is C16H23ClN6. The number of guanidine groups is 1.